The smallest absolute Gasteiger partial charge is 0.132 e. The second-order valence-electron chi connectivity index (χ2n) is 3.22. The molecule has 5 nitrogen and oxygen atoms in total. The zero-order valence-corrected chi connectivity index (χ0v) is 9.94. The molecule has 0 radical (unpaired) electrons. The van der Waals surface area contributed by atoms with Crippen LogP contribution in [0.4, 0.5) is 0 Å². The molecule has 0 amide bonds. The van der Waals surface area contributed by atoms with Gasteiger partial charge in [-0.15, -0.1) is 0 Å². The van der Waals surface area contributed by atoms with Crippen LogP contribution in [0.5, 0.6) is 17.2 Å². The minimum atomic E-state index is -0.323. The first-order valence-electron chi connectivity index (χ1n) is 4.83. The summed E-state index contributed by atoms with van der Waals surface area (Å²) in [6.07, 6.45) is -0.323. The molecular weight excluding hydrogens is 210 g/mol. The van der Waals surface area contributed by atoms with Crippen molar-refractivity contribution in [3.05, 3.63) is 17.7 Å². The number of hydrogen-bond donors (Lipinski definition) is 1. The van der Waals surface area contributed by atoms with Gasteiger partial charge >= 0.3 is 0 Å². The normalized spacial score (nSPS) is 12.1. The molecule has 1 aromatic carbocycles. The fourth-order valence-corrected chi connectivity index (χ4v) is 1.50. The SMILES string of the molecule is COc1cc(OC)c(C(C)ON)c(OC)c1. The van der Waals surface area contributed by atoms with Crippen molar-refractivity contribution in [2.24, 2.45) is 5.90 Å². The van der Waals surface area contributed by atoms with Crippen LogP contribution in [0.2, 0.25) is 0 Å². The summed E-state index contributed by atoms with van der Waals surface area (Å²) in [6.45, 7) is 1.81. The average molecular weight is 227 g/mol. The van der Waals surface area contributed by atoms with Gasteiger partial charge < -0.3 is 14.2 Å². The lowest BCUT2D eigenvalue weighted by Crippen LogP contribution is -2.09. The molecule has 0 aliphatic rings. The van der Waals surface area contributed by atoms with E-state index in [2.05, 4.69) is 0 Å². The molecule has 0 spiro atoms. The van der Waals surface area contributed by atoms with E-state index in [1.54, 1.807) is 33.5 Å². The number of ether oxygens (including phenoxy) is 3. The fourth-order valence-electron chi connectivity index (χ4n) is 1.50. The molecule has 0 aliphatic carbocycles. The number of methoxy groups -OCH3 is 3. The molecule has 90 valence electrons. The summed E-state index contributed by atoms with van der Waals surface area (Å²) in [6, 6.07) is 3.51. The van der Waals surface area contributed by atoms with E-state index in [9.17, 15) is 0 Å². The van der Waals surface area contributed by atoms with Crippen LogP contribution in [0.3, 0.4) is 0 Å². The minimum Gasteiger partial charge on any atom is -0.496 e. The summed E-state index contributed by atoms with van der Waals surface area (Å²) >= 11 is 0. The summed E-state index contributed by atoms with van der Waals surface area (Å²) in [5.41, 5.74) is 0.758. The Morgan fingerprint density at radius 2 is 1.50 bits per heavy atom. The highest BCUT2D eigenvalue weighted by Crippen LogP contribution is 2.38. The van der Waals surface area contributed by atoms with Crippen LogP contribution in [-0.2, 0) is 4.84 Å². The summed E-state index contributed by atoms with van der Waals surface area (Å²) in [7, 11) is 4.72. The van der Waals surface area contributed by atoms with Gasteiger partial charge in [0.05, 0.1) is 26.9 Å². The van der Waals surface area contributed by atoms with Gasteiger partial charge in [-0.1, -0.05) is 0 Å². The standard InChI is InChI=1S/C11H17NO4/c1-7(16-12)11-9(14-3)5-8(13-2)6-10(11)15-4/h5-7H,12H2,1-4H3. The molecule has 2 N–H and O–H groups in total. The molecule has 0 saturated heterocycles. The Hall–Kier alpha value is -1.46. The molecule has 0 aliphatic heterocycles. The van der Waals surface area contributed by atoms with Gasteiger partial charge in [-0.25, -0.2) is 5.90 Å². The van der Waals surface area contributed by atoms with E-state index in [0.717, 1.165) is 5.56 Å². The maximum absolute atomic E-state index is 5.26. The van der Waals surface area contributed by atoms with E-state index in [-0.39, 0.29) is 6.10 Å². The predicted octanol–water partition coefficient (Wildman–Crippen LogP) is 1.66. The number of nitrogens with two attached hydrogens (primary N) is 1. The highest BCUT2D eigenvalue weighted by molar-refractivity contribution is 5.51. The van der Waals surface area contributed by atoms with Crippen molar-refractivity contribution in [1.82, 2.24) is 0 Å². The van der Waals surface area contributed by atoms with Crippen molar-refractivity contribution in [2.75, 3.05) is 21.3 Å². The molecule has 1 unspecified atom stereocenters. The van der Waals surface area contributed by atoms with Gasteiger partial charge in [-0.3, -0.25) is 4.84 Å². The molecule has 16 heavy (non-hydrogen) atoms. The van der Waals surface area contributed by atoms with Crippen molar-refractivity contribution in [1.29, 1.82) is 0 Å². The molecule has 0 heterocycles. The molecule has 0 bridgehead atoms. The second-order valence-corrected chi connectivity index (χ2v) is 3.22. The summed E-state index contributed by atoms with van der Waals surface area (Å²) in [5, 5.41) is 0. The molecule has 0 saturated carbocycles. The second kappa shape index (κ2) is 5.58. The first-order chi connectivity index (χ1) is 7.67. The third-order valence-corrected chi connectivity index (χ3v) is 2.36. The summed E-state index contributed by atoms with van der Waals surface area (Å²) in [5.74, 6) is 7.07. The Morgan fingerprint density at radius 3 is 1.81 bits per heavy atom. The van der Waals surface area contributed by atoms with E-state index in [0.29, 0.717) is 17.2 Å². The highest BCUT2D eigenvalue weighted by atomic mass is 16.6. The van der Waals surface area contributed by atoms with Gasteiger partial charge in [0.15, 0.2) is 0 Å². The third-order valence-electron chi connectivity index (χ3n) is 2.36. The number of hydrogen-bond acceptors (Lipinski definition) is 5. The quantitative estimate of drug-likeness (QED) is 0.775. The molecule has 1 aromatic rings. The first-order valence-corrected chi connectivity index (χ1v) is 4.83. The first kappa shape index (κ1) is 12.6. The Balaban J connectivity index is 3.31. The van der Waals surface area contributed by atoms with Gasteiger partial charge in [0.25, 0.3) is 0 Å². The molecular formula is C11H17NO4. The predicted molar refractivity (Wildman–Crippen MR) is 59.8 cm³/mol. The maximum atomic E-state index is 5.26. The summed E-state index contributed by atoms with van der Waals surface area (Å²) < 4.78 is 15.7. The fraction of sp³-hybridized carbons (Fsp3) is 0.455. The van der Waals surface area contributed by atoms with Crippen LogP contribution in [0.1, 0.15) is 18.6 Å². The van der Waals surface area contributed by atoms with Crippen LogP contribution in [-0.4, -0.2) is 21.3 Å². The van der Waals surface area contributed by atoms with Crippen LogP contribution in [0.15, 0.2) is 12.1 Å². The van der Waals surface area contributed by atoms with E-state index >= 15 is 0 Å². The van der Waals surface area contributed by atoms with Gasteiger partial charge in [-0.2, -0.15) is 0 Å². The lowest BCUT2D eigenvalue weighted by atomic mass is 10.1. The van der Waals surface area contributed by atoms with Crippen LogP contribution in [0.25, 0.3) is 0 Å². The molecule has 5 heteroatoms. The summed E-state index contributed by atoms with van der Waals surface area (Å²) in [4.78, 5) is 4.79. The van der Waals surface area contributed by atoms with Gasteiger partial charge in [0, 0.05) is 12.1 Å². The van der Waals surface area contributed by atoms with Crippen LogP contribution >= 0.6 is 0 Å². The lowest BCUT2D eigenvalue weighted by Gasteiger charge is -2.18. The zero-order chi connectivity index (χ0) is 12.1. The topological polar surface area (TPSA) is 62.9 Å². The average Bonchev–Trinajstić information content (AvgIpc) is 2.35. The Morgan fingerprint density at radius 1 is 1.00 bits per heavy atom. The Kier molecular flexibility index (Phi) is 4.39. The van der Waals surface area contributed by atoms with Crippen molar-refractivity contribution >= 4 is 0 Å². The number of benzene rings is 1. The largest absolute Gasteiger partial charge is 0.496 e. The van der Waals surface area contributed by atoms with Crippen LogP contribution in [0, 0.1) is 0 Å². The monoisotopic (exact) mass is 227 g/mol. The Labute approximate surface area is 95.0 Å². The van der Waals surface area contributed by atoms with Crippen molar-refractivity contribution in [2.45, 2.75) is 13.0 Å². The molecule has 1 atom stereocenters. The molecule has 0 fully saturated rings. The number of rotatable bonds is 5. The zero-order valence-electron chi connectivity index (χ0n) is 9.94. The van der Waals surface area contributed by atoms with Crippen molar-refractivity contribution < 1.29 is 19.0 Å². The van der Waals surface area contributed by atoms with E-state index in [4.69, 9.17) is 24.9 Å². The van der Waals surface area contributed by atoms with Gasteiger partial charge in [0.2, 0.25) is 0 Å². The Bertz CT molecular complexity index is 329. The lowest BCUT2D eigenvalue weighted by molar-refractivity contribution is 0.0626. The van der Waals surface area contributed by atoms with Crippen molar-refractivity contribution in [3.63, 3.8) is 0 Å². The molecule has 1 rings (SSSR count). The maximum Gasteiger partial charge on any atom is 0.132 e. The minimum absolute atomic E-state index is 0.323. The van der Waals surface area contributed by atoms with Gasteiger partial charge in [0.1, 0.15) is 23.4 Å². The van der Waals surface area contributed by atoms with E-state index < -0.39 is 0 Å². The van der Waals surface area contributed by atoms with E-state index in [1.807, 2.05) is 6.92 Å². The highest BCUT2D eigenvalue weighted by Gasteiger charge is 2.19. The third kappa shape index (κ3) is 2.37. The van der Waals surface area contributed by atoms with Crippen LogP contribution < -0.4 is 20.1 Å². The van der Waals surface area contributed by atoms with Crippen molar-refractivity contribution in [3.8, 4) is 17.2 Å². The molecule has 0 aromatic heterocycles. The van der Waals surface area contributed by atoms with E-state index in [1.165, 1.54) is 0 Å². The van der Waals surface area contributed by atoms with Gasteiger partial charge in [-0.05, 0) is 6.92 Å².